The summed E-state index contributed by atoms with van der Waals surface area (Å²) >= 11 is 0. The van der Waals surface area contributed by atoms with Crippen LogP contribution in [0.1, 0.15) is 6.23 Å². The molecular formula is C17H20NO8P. The van der Waals surface area contributed by atoms with Crippen molar-refractivity contribution in [2.75, 3.05) is 27.4 Å². The van der Waals surface area contributed by atoms with Gasteiger partial charge in [-0.2, -0.15) is 0 Å². The minimum Gasteiger partial charge on any atom is -0.381 e. The van der Waals surface area contributed by atoms with Crippen LogP contribution in [0, 0.1) is 0 Å². The number of benzene rings is 1. The molecule has 0 amide bonds. The number of nitrogens with zero attached hydrogens (tertiary/aromatic N) is 1. The van der Waals surface area contributed by atoms with E-state index < -0.39 is 31.9 Å². The number of pyridine rings is 1. The summed E-state index contributed by atoms with van der Waals surface area (Å²) in [6.07, 6.45) is -0.912. The molecule has 2 saturated heterocycles. The summed E-state index contributed by atoms with van der Waals surface area (Å²) in [5, 5.41) is 1.34. The molecule has 2 bridgehead atoms. The lowest BCUT2D eigenvalue weighted by atomic mass is 10.0. The van der Waals surface area contributed by atoms with Crippen LogP contribution in [0.15, 0.2) is 41.3 Å². The molecule has 2 aliphatic rings. The van der Waals surface area contributed by atoms with Gasteiger partial charge in [0.2, 0.25) is 0 Å². The Labute approximate surface area is 155 Å². The van der Waals surface area contributed by atoms with Gasteiger partial charge in [0.25, 0.3) is 5.56 Å². The largest absolute Gasteiger partial charge is 0.472 e. The number of fused-ring (bicyclic) bond motifs is 3. The Kier molecular flexibility index (Phi) is 4.72. The number of hydrogen-bond acceptors (Lipinski definition) is 7. The summed E-state index contributed by atoms with van der Waals surface area (Å²) in [6.45, 7) is 0.176. The van der Waals surface area contributed by atoms with Crippen LogP contribution in [0.4, 0.5) is 0 Å². The van der Waals surface area contributed by atoms with E-state index in [0.29, 0.717) is 5.39 Å². The fourth-order valence-corrected chi connectivity index (χ4v) is 4.40. The van der Waals surface area contributed by atoms with E-state index in [9.17, 15) is 14.3 Å². The third kappa shape index (κ3) is 3.05. The van der Waals surface area contributed by atoms with Crippen LogP contribution in [0.2, 0.25) is 0 Å². The molecule has 5 atom stereocenters. The van der Waals surface area contributed by atoms with Gasteiger partial charge in [0, 0.05) is 25.8 Å². The van der Waals surface area contributed by atoms with Crippen LogP contribution in [-0.2, 0) is 27.8 Å². The van der Waals surface area contributed by atoms with E-state index in [0.717, 1.165) is 12.5 Å². The second kappa shape index (κ2) is 6.79. The smallest absolute Gasteiger partial charge is 0.381 e. The van der Waals surface area contributed by atoms with Crippen LogP contribution in [-0.4, -0.2) is 54.7 Å². The van der Waals surface area contributed by atoms with Crippen molar-refractivity contribution in [1.29, 1.82) is 0 Å². The quantitative estimate of drug-likeness (QED) is 0.731. The van der Waals surface area contributed by atoms with Crippen molar-refractivity contribution in [1.82, 2.24) is 4.57 Å². The Morgan fingerprint density at radius 1 is 1.33 bits per heavy atom. The first kappa shape index (κ1) is 18.8. The van der Waals surface area contributed by atoms with E-state index >= 15 is 0 Å². The average Bonchev–Trinajstić information content (AvgIpc) is 3.13. The number of phosphoric acid groups is 1. The summed E-state index contributed by atoms with van der Waals surface area (Å²) in [7, 11) is -1.74. The summed E-state index contributed by atoms with van der Waals surface area (Å²) in [4.78, 5) is 22.7. The highest BCUT2D eigenvalue weighted by atomic mass is 31.2. The summed E-state index contributed by atoms with van der Waals surface area (Å²) in [5.41, 5.74) is -1.37. The van der Waals surface area contributed by atoms with Gasteiger partial charge < -0.3 is 19.1 Å². The van der Waals surface area contributed by atoms with Crippen LogP contribution in [0.5, 0.6) is 0 Å². The number of aromatic nitrogens is 1. The molecule has 0 spiro atoms. The van der Waals surface area contributed by atoms with Crippen molar-refractivity contribution in [2.24, 2.45) is 0 Å². The van der Waals surface area contributed by atoms with E-state index in [2.05, 4.69) is 4.52 Å². The SMILES string of the molecule is COC[C@@]12COC([C@H](n3ccc4ccccc4c3=O)O1)[C@H]2OP(=O)(O)OC. The molecule has 2 unspecified atom stereocenters. The van der Waals surface area contributed by atoms with Gasteiger partial charge in [-0.15, -0.1) is 0 Å². The molecule has 1 aromatic heterocycles. The Bertz CT molecular complexity index is 961. The Hall–Kier alpha value is -1.58. The van der Waals surface area contributed by atoms with E-state index in [1.165, 1.54) is 11.7 Å². The first-order valence-electron chi connectivity index (χ1n) is 8.36. The van der Waals surface area contributed by atoms with Gasteiger partial charge in [0.05, 0.1) is 13.2 Å². The average molecular weight is 397 g/mol. The fraction of sp³-hybridized carbons (Fsp3) is 0.471. The van der Waals surface area contributed by atoms with Gasteiger partial charge in [-0.1, -0.05) is 18.2 Å². The molecule has 10 heteroatoms. The van der Waals surface area contributed by atoms with Crippen LogP contribution in [0.3, 0.4) is 0 Å². The summed E-state index contributed by atoms with van der Waals surface area (Å²) in [5.74, 6) is 0. The summed E-state index contributed by atoms with van der Waals surface area (Å²) < 4.78 is 40.3. The van der Waals surface area contributed by atoms with Crippen molar-refractivity contribution in [3.05, 3.63) is 46.9 Å². The highest BCUT2D eigenvalue weighted by Crippen LogP contribution is 2.54. The molecule has 1 N–H and O–H groups in total. The Balaban J connectivity index is 1.75. The number of rotatable bonds is 6. The molecule has 27 heavy (non-hydrogen) atoms. The second-order valence-electron chi connectivity index (χ2n) is 6.57. The lowest BCUT2D eigenvalue weighted by molar-refractivity contribution is -0.190. The summed E-state index contributed by atoms with van der Waals surface area (Å²) in [6, 6.07) is 9.01. The molecule has 0 aliphatic carbocycles. The molecule has 1 aromatic carbocycles. The fourth-order valence-electron chi connectivity index (χ4n) is 3.71. The van der Waals surface area contributed by atoms with Crippen LogP contribution in [0.25, 0.3) is 10.8 Å². The number of hydrogen-bond donors (Lipinski definition) is 1. The minimum atomic E-state index is -4.30. The molecule has 9 nitrogen and oxygen atoms in total. The molecule has 2 fully saturated rings. The molecule has 146 valence electrons. The number of phosphoric ester groups is 1. The monoisotopic (exact) mass is 397 g/mol. The maximum absolute atomic E-state index is 12.9. The van der Waals surface area contributed by atoms with Crippen molar-refractivity contribution < 1.29 is 32.7 Å². The maximum Gasteiger partial charge on any atom is 0.472 e. The number of ether oxygens (including phenoxy) is 3. The van der Waals surface area contributed by atoms with E-state index in [-0.39, 0.29) is 18.8 Å². The third-order valence-corrected chi connectivity index (χ3v) is 5.91. The van der Waals surface area contributed by atoms with Gasteiger partial charge in [-0.3, -0.25) is 18.4 Å². The van der Waals surface area contributed by atoms with Gasteiger partial charge >= 0.3 is 7.82 Å². The van der Waals surface area contributed by atoms with Gasteiger partial charge in [-0.25, -0.2) is 4.57 Å². The standard InChI is InChI=1S/C17H20NO8P/c1-22-9-17-10-24-13(14(17)26-27(20,21)23-2)16(25-17)18-8-7-11-5-3-4-6-12(11)15(18)19/h3-8,13-14,16H,9-10H2,1-2H3,(H,20,21)/t13?,14-,16-,17+/m1/s1. The Morgan fingerprint density at radius 3 is 2.85 bits per heavy atom. The van der Waals surface area contributed by atoms with Crippen LogP contribution >= 0.6 is 7.82 Å². The first-order valence-corrected chi connectivity index (χ1v) is 9.85. The molecule has 3 heterocycles. The zero-order valence-electron chi connectivity index (χ0n) is 14.8. The van der Waals surface area contributed by atoms with Gasteiger partial charge in [0.15, 0.2) is 6.23 Å². The topological polar surface area (TPSA) is 105 Å². The van der Waals surface area contributed by atoms with Crippen molar-refractivity contribution >= 4 is 18.6 Å². The highest BCUT2D eigenvalue weighted by Gasteiger charge is 2.64. The predicted octanol–water partition coefficient (Wildman–Crippen LogP) is 1.45. The van der Waals surface area contributed by atoms with Crippen molar-refractivity contribution in [3.8, 4) is 0 Å². The van der Waals surface area contributed by atoms with Gasteiger partial charge in [0.1, 0.15) is 17.8 Å². The lowest BCUT2D eigenvalue weighted by Crippen LogP contribution is -2.45. The molecular weight excluding hydrogens is 377 g/mol. The molecule has 2 aromatic rings. The van der Waals surface area contributed by atoms with E-state index in [1.807, 2.05) is 12.1 Å². The first-order chi connectivity index (χ1) is 12.9. The molecule has 2 aliphatic heterocycles. The van der Waals surface area contributed by atoms with Crippen LogP contribution < -0.4 is 5.56 Å². The normalized spacial score (nSPS) is 32.0. The Morgan fingerprint density at radius 2 is 2.11 bits per heavy atom. The zero-order valence-corrected chi connectivity index (χ0v) is 15.7. The zero-order chi connectivity index (χ0) is 19.2. The second-order valence-corrected chi connectivity index (χ2v) is 8.09. The molecule has 4 rings (SSSR count). The van der Waals surface area contributed by atoms with Crippen molar-refractivity contribution in [3.63, 3.8) is 0 Å². The highest BCUT2D eigenvalue weighted by molar-refractivity contribution is 7.47. The maximum atomic E-state index is 12.9. The third-order valence-electron chi connectivity index (χ3n) is 4.95. The minimum absolute atomic E-state index is 0.0662. The number of methoxy groups -OCH3 is 1. The predicted molar refractivity (Wildman–Crippen MR) is 94.4 cm³/mol. The van der Waals surface area contributed by atoms with E-state index in [4.69, 9.17) is 18.7 Å². The van der Waals surface area contributed by atoms with E-state index in [1.54, 1.807) is 24.4 Å². The lowest BCUT2D eigenvalue weighted by Gasteiger charge is -2.31. The van der Waals surface area contributed by atoms with Gasteiger partial charge in [-0.05, 0) is 17.5 Å². The molecule has 0 radical (unpaired) electrons. The molecule has 0 saturated carbocycles. The van der Waals surface area contributed by atoms with Crippen molar-refractivity contribution in [2.45, 2.75) is 24.0 Å².